The van der Waals surface area contributed by atoms with Crippen LogP contribution in [0.2, 0.25) is 0 Å². The third-order valence-corrected chi connectivity index (χ3v) is 4.90. The molecular weight excluding hydrogens is 372 g/mol. The second kappa shape index (κ2) is 8.42. The van der Waals surface area contributed by atoms with Gasteiger partial charge in [0, 0.05) is 65.7 Å². The number of aromatic nitrogens is 3. The Morgan fingerprint density at radius 2 is 1.90 bits per heavy atom. The van der Waals surface area contributed by atoms with Crippen LogP contribution in [0.25, 0.3) is 0 Å². The molecule has 0 saturated carbocycles. The van der Waals surface area contributed by atoms with Crippen LogP contribution in [0.15, 0.2) is 24.5 Å². The number of carbonyl (C=O) groups excluding carboxylic acids is 2. The molecule has 1 aliphatic rings. The second-order valence-corrected chi connectivity index (χ2v) is 7.39. The van der Waals surface area contributed by atoms with E-state index in [1.54, 1.807) is 42.2 Å². The van der Waals surface area contributed by atoms with Gasteiger partial charge in [-0.2, -0.15) is 0 Å². The lowest BCUT2D eigenvalue weighted by atomic mass is 9.99. The van der Waals surface area contributed by atoms with Crippen LogP contribution < -0.4 is 9.64 Å². The molecule has 1 unspecified atom stereocenters. The first-order valence-electron chi connectivity index (χ1n) is 9.37. The Balaban J connectivity index is 1.85. The molecule has 2 aromatic heterocycles. The summed E-state index contributed by atoms with van der Waals surface area (Å²) >= 11 is 0. The number of hydrogen-bond acceptors (Lipinski definition) is 7. The molecule has 0 aromatic carbocycles. The number of carbonyl (C=O) groups is 2. The molecule has 0 N–H and O–H groups in total. The van der Waals surface area contributed by atoms with E-state index in [0.29, 0.717) is 41.7 Å². The lowest BCUT2D eigenvalue weighted by molar-refractivity contribution is 0.0790. The highest BCUT2D eigenvalue weighted by molar-refractivity contribution is 5.95. The van der Waals surface area contributed by atoms with Gasteiger partial charge in [0.05, 0.1) is 23.9 Å². The SMILES string of the molecule is COc1ccc(C(=O)N2CCC(c3nc(N(C)C)ncc3C(=O)N(C)C)C2)cn1. The van der Waals surface area contributed by atoms with Crippen LogP contribution in [0.4, 0.5) is 5.95 Å². The third kappa shape index (κ3) is 4.28. The van der Waals surface area contributed by atoms with Gasteiger partial charge in [0.15, 0.2) is 0 Å². The van der Waals surface area contributed by atoms with Crippen LogP contribution in [0.3, 0.4) is 0 Å². The molecule has 2 amide bonds. The van der Waals surface area contributed by atoms with E-state index in [1.165, 1.54) is 18.2 Å². The minimum atomic E-state index is -0.144. The largest absolute Gasteiger partial charge is 0.481 e. The molecule has 3 heterocycles. The van der Waals surface area contributed by atoms with Crippen molar-refractivity contribution in [3.8, 4) is 5.88 Å². The summed E-state index contributed by atoms with van der Waals surface area (Å²) in [6, 6.07) is 3.37. The zero-order valence-corrected chi connectivity index (χ0v) is 17.4. The third-order valence-electron chi connectivity index (χ3n) is 4.90. The molecule has 9 nitrogen and oxygen atoms in total. The number of rotatable bonds is 5. The molecule has 0 spiro atoms. The van der Waals surface area contributed by atoms with E-state index in [4.69, 9.17) is 4.74 Å². The van der Waals surface area contributed by atoms with Gasteiger partial charge in [0.25, 0.3) is 11.8 Å². The fourth-order valence-corrected chi connectivity index (χ4v) is 3.30. The average Bonchev–Trinajstić information content (AvgIpc) is 3.22. The molecular formula is C20H26N6O3. The van der Waals surface area contributed by atoms with Crippen LogP contribution in [-0.2, 0) is 0 Å². The topological polar surface area (TPSA) is 91.8 Å². The minimum absolute atomic E-state index is 0.0363. The summed E-state index contributed by atoms with van der Waals surface area (Å²) in [4.78, 5) is 43.6. The van der Waals surface area contributed by atoms with Gasteiger partial charge in [-0.3, -0.25) is 9.59 Å². The molecule has 1 saturated heterocycles. The summed E-state index contributed by atoms with van der Waals surface area (Å²) in [5.41, 5.74) is 1.67. The Morgan fingerprint density at radius 3 is 2.48 bits per heavy atom. The van der Waals surface area contributed by atoms with Crippen molar-refractivity contribution in [2.75, 3.05) is 53.3 Å². The highest BCUT2D eigenvalue weighted by atomic mass is 16.5. The first kappa shape index (κ1) is 20.5. The van der Waals surface area contributed by atoms with Crippen molar-refractivity contribution in [2.45, 2.75) is 12.3 Å². The molecule has 29 heavy (non-hydrogen) atoms. The highest BCUT2D eigenvalue weighted by Gasteiger charge is 2.32. The molecule has 9 heteroatoms. The normalized spacial score (nSPS) is 15.9. The predicted molar refractivity (Wildman–Crippen MR) is 108 cm³/mol. The zero-order chi connectivity index (χ0) is 21.1. The van der Waals surface area contributed by atoms with Crippen molar-refractivity contribution in [1.29, 1.82) is 0 Å². The summed E-state index contributed by atoms with van der Waals surface area (Å²) in [6.07, 6.45) is 3.83. The van der Waals surface area contributed by atoms with Crippen molar-refractivity contribution in [2.24, 2.45) is 0 Å². The maximum atomic E-state index is 12.9. The summed E-state index contributed by atoms with van der Waals surface area (Å²) in [5.74, 6) is 0.731. The molecule has 1 atom stereocenters. The van der Waals surface area contributed by atoms with E-state index in [-0.39, 0.29) is 17.7 Å². The van der Waals surface area contributed by atoms with Gasteiger partial charge in [0.1, 0.15) is 0 Å². The smallest absolute Gasteiger partial charge is 0.256 e. The van der Waals surface area contributed by atoms with Crippen LogP contribution in [0, 0.1) is 0 Å². The maximum Gasteiger partial charge on any atom is 0.256 e. The summed E-state index contributed by atoms with van der Waals surface area (Å²) in [5, 5.41) is 0. The van der Waals surface area contributed by atoms with Gasteiger partial charge in [0.2, 0.25) is 11.8 Å². The van der Waals surface area contributed by atoms with Crippen molar-refractivity contribution in [1.82, 2.24) is 24.8 Å². The quantitative estimate of drug-likeness (QED) is 0.749. The van der Waals surface area contributed by atoms with E-state index >= 15 is 0 Å². The van der Waals surface area contributed by atoms with E-state index in [0.717, 1.165) is 6.42 Å². The van der Waals surface area contributed by atoms with Crippen LogP contribution in [0.1, 0.15) is 38.7 Å². The number of amides is 2. The number of methoxy groups -OCH3 is 1. The molecule has 2 aromatic rings. The number of nitrogens with zero attached hydrogens (tertiary/aromatic N) is 6. The van der Waals surface area contributed by atoms with Gasteiger partial charge < -0.3 is 19.4 Å². The molecule has 0 bridgehead atoms. The Morgan fingerprint density at radius 1 is 1.14 bits per heavy atom. The van der Waals surface area contributed by atoms with Gasteiger partial charge in [-0.15, -0.1) is 0 Å². The van der Waals surface area contributed by atoms with Crippen LogP contribution >= 0.6 is 0 Å². The Kier molecular flexibility index (Phi) is 5.95. The molecule has 1 fully saturated rings. The van der Waals surface area contributed by atoms with Crippen LogP contribution in [0.5, 0.6) is 5.88 Å². The Bertz CT molecular complexity index is 898. The van der Waals surface area contributed by atoms with Crippen LogP contribution in [-0.4, -0.2) is 85.0 Å². The number of ether oxygens (including phenoxy) is 1. The standard InChI is InChI=1S/C20H26N6O3/c1-24(2)19(28)15-11-22-20(25(3)4)23-17(15)14-8-9-26(12-14)18(27)13-6-7-16(29-5)21-10-13/h6-7,10-11,14H,8-9,12H2,1-5H3. The van der Waals surface area contributed by atoms with Crippen molar-refractivity contribution < 1.29 is 14.3 Å². The van der Waals surface area contributed by atoms with E-state index in [9.17, 15) is 9.59 Å². The highest BCUT2D eigenvalue weighted by Crippen LogP contribution is 2.30. The molecule has 0 aliphatic carbocycles. The Labute approximate surface area is 170 Å². The summed E-state index contributed by atoms with van der Waals surface area (Å²) in [6.45, 7) is 1.08. The molecule has 1 aliphatic heterocycles. The van der Waals surface area contributed by atoms with Gasteiger partial charge >= 0.3 is 0 Å². The summed E-state index contributed by atoms with van der Waals surface area (Å²) in [7, 11) is 8.65. The van der Waals surface area contributed by atoms with Gasteiger partial charge in [-0.05, 0) is 12.5 Å². The lowest BCUT2D eigenvalue weighted by Gasteiger charge is -2.20. The molecule has 154 valence electrons. The maximum absolute atomic E-state index is 12.9. The number of pyridine rings is 1. The van der Waals surface area contributed by atoms with Crippen molar-refractivity contribution >= 4 is 17.8 Å². The predicted octanol–water partition coefficient (Wildman–Crippen LogP) is 1.28. The number of hydrogen-bond donors (Lipinski definition) is 0. The lowest BCUT2D eigenvalue weighted by Crippen LogP contribution is -2.29. The van der Waals surface area contributed by atoms with E-state index < -0.39 is 0 Å². The van der Waals surface area contributed by atoms with Gasteiger partial charge in [-0.25, -0.2) is 15.0 Å². The first-order valence-corrected chi connectivity index (χ1v) is 9.37. The molecule has 3 rings (SSSR count). The van der Waals surface area contributed by atoms with Crippen molar-refractivity contribution in [3.63, 3.8) is 0 Å². The fourth-order valence-electron chi connectivity index (χ4n) is 3.30. The first-order chi connectivity index (χ1) is 13.8. The van der Waals surface area contributed by atoms with Crippen molar-refractivity contribution in [3.05, 3.63) is 41.3 Å². The minimum Gasteiger partial charge on any atom is -0.481 e. The second-order valence-electron chi connectivity index (χ2n) is 7.39. The Hall–Kier alpha value is -3.23. The van der Waals surface area contributed by atoms with Gasteiger partial charge in [-0.1, -0.05) is 0 Å². The van der Waals surface area contributed by atoms with E-state index in [1.807, 2.05) is 14.1 Å². The molecule has 0 radical (unpaired) electrons. The number of anilines is 1. The average molecular weight is 398 g/mol. The fraction of sp³-hybridized carbons (Fsp3) is 0.450. The summed E-state index contributed by atoms with van der Waals surface area (Å²) < 4.78 is 5.04. The number of likely N-dealkylation sites (tertiary alicyclic amines) is 1. The van der Waals surface area contributed by atoms with E-state index in [2.05, 4.69) is 15.0 Å². The monoisotopic (exact) mass is 398 g/mol. The zero-order valence-electron chi connectivity index (χ0n) is 17.4.